The SMILES string of the molecule is NCCc1c(Cl)[nH]c2ccc(Cl)cc12. The van der Waals surface area contributed by atoms with Gasteiger partial charge in [0.25, 0.3) is 0 Å². The van der Waals surface area contributed by atoms with E-state index in [1.165, 1.54) is 0 Å². The highest BCUT2D eigenvalue weighted by molar-refractivity contribution is 6.33. The van der Waals surface area contributed by atoms with Crippen molar-refractivity contribution in [2.24, 2.45) is 5.73 Å². The topological polar surface area (TPSA) is 41.8 Å². The fourth-order valence-electron chi connectivity index (χ4n) is 1.58. The zero-order chi connectivity index (χ0) is 10.1. The quantitative estimate of drug-likeness (QED) is 0.816. The van der Waals surface area contributed by atoms with Gasteiger partial charge in [0, 0.05) is 15.9 Å². The molecule has 0 saturated heterocycles. The van der Waals surface area contributed by atoms with Gasteiger partial charge in [-0.05, 0) is 36.7 Å². The monoisotopic (exact) mass is 228 g/mol. The molecule has 1 aromatic heterocycles. The average Bonchev–Trinajstić information content (AvgIpc) is 2.45. The van der Waals surface area contributed by atoms with Gasteiger partial charge in [-0.25, -0.2) is 0 Å². The molecular formula is C10H10Cl2N2. The van der Waals surface area contributed by atoms with Crippen molar-refractivity contribution in [1.82, 2.24) is 4.98 Å². The number of hydrogen-bond acceptors (Lipinski definition) is 1. The van der Waals surface area contributed by atoms with Crippen molar-refractivity contribution in [2.75, 3.05) is 6.54 Å². The first-order valence-electron chi connectivity index (χ1n) is 4.38. The molecule has 0 aliphatic heterocycles. The number of halogens is 2. The number of H-pyrrole nitrogens is 1. The molecular weight excluding hydrogens is 219 g/mol. The molecule has 74 valence electrons. The molecule has 2 rings (SSSR count). The maximum Gasteiger partial charge on any atom is 0.110 e. The third-order valence-electron chi connectivity index (χ3n) is 2.21. The van der Waals surface area contributed by atoms with Crippen molar-refractivity contribution in [3.8, 4) is 0 Å². The van der Waals surface area contributed by atoms with Crippen LogP contribution in [0.1, 0.15) is 5.56 Å². The normalized spacial score (nSPS) is 11.1. The van der Waals surface area contributed by atoms with Crippen LogP contribution in [0.3, 0.4) is 0 Å². The fraction of sp³-hybridized carbons (Fsp3) is 0.200. The highest BCUT2D eigenvalue weighted by atomic mass is 35.5. The third-order valence-corrected chi connectivity index (χ3v) is 2.77. The van der Waals surface area contributed by atoms with Crippen molar-refractivity contribution in [1.29, 1.82) is 0 Å². The second-order valence-electron chi connectivity index (χ2n) is 3.15. The average molecular weight is 229 g/mol. The first-order chi connectivity index (χ1) is 6.72. The number of rotatable bonds is 2. The Balaban J connectivity index is 2.66. The molecule has 0 spiro atoms. The highest BCUT2D eigenvalue weighted by Crippen LogP contribution is 2.28. The predicted molar refractivity (Wildman–Crippen MR) is 61.1 cm³/mol. The summed E-state index contributed by atoms with van der Waals surface area (Å²) >= 11 is 12.0. The summed E-state index contributed by atoms with van der Waals surface area (Å²) in [6.07, 6.45) is 0.763. The van der Waals surface area contributed by atoms with Crippen LogP contribution < -0.4 is 5.73 Å². The molecule has 2 nitrogen and oxygen atoms in total. The van der Waals surface area contributed by atoms with Gasteiger partial charge in [0.15, 0.2) is 0 Å². The second kappa shape index (κ2) is 3.81. The molecule has 0 bridgehead atoms. The smallest absolute Gasteiger partial charge is 0.110 e. The summed E-state index contributed by atoms with van der Waals surface area (Å²) < 4.78 is 0. The minimum atomic E-state index is 0.583. The third kappa shape index (κ3) is 1.61. The molecule has 0 fully saturated rings. The number of aromatic amines is 1. The van der Waals surface area contributed by atoms with Crippen LogP contribution >= 0.6 is 23.2 Å². The number of nitrogens with one attached hydrogen (secondary N) is 1. The van der Waals surface area contributed by atoms with Gasteiger partial charge in [0.1, 0.15) is 5.15 Å². The molecule has 0 amide bonds. The van der Waals surface area contributed by atoms with Gasteiger partial charge >= 0.3 is 0 Å². The van der Waals surface area contributed by atoms with Crippen LogP contribution in [0.25, 0.3) is 10.9 Å². The van der Waals surface area contributed by atoms with Crippen molar-refractivity contribution >= 4 is 34.1 Å². The highest BCUT2D eigenvalue weighted by Gasteiger charge is 2.08. The summed E-state index contributed by atoms with van der Waals surface area (Å²) in [4.78, 5) is 3.09. The number of aromatic nitrogens is 1. The summed E-state index contributed by atoms with van der Waals surface area (Å²) in [5.41, 5.74) is 7.56. The molecule has 1 aromatic carbocycles. The van der Waals surface area contributed by atoms with Crippen molar-refractivity contribution in [3.05, 3.63) is 33.9 Å². The molecule has 0 radical (unpaired) electrons. The Bertz CT molecular complexity index is 462. The zero-order valence-corrected chi connectivity index (χ0v) is 8.99. The van der Waals surface area contributed by atoms with E-state index in [0.717, 1.165) is 22.9 Å². The Morgan fingerprint density at radius 1 is 1.29 bits per heavy atom. The maximum atomic E-state index is 6.04. The van der Waals surface area contributed by atoms with E-state index < -0.39 is 0 Å². The van der Waals surface area contributed by atoms with E-state index in [1.807, 2.05) is 18.2 Å². The van der Waals surface area contributed by atoms with E-state index in [-0.39, 0.29) is 0 Å². The molecule has 14 heavy (non-hydrogen) atoms. The Morgan fingerprint density at radius 3 is 2.79 bits per heavy atom. The van der Waals surface area contributed by atoms with E-state index >= 15 is 0 Å². The van der Waals surface area contributed by atoms with Gasteiger partial charge in [-0.3, -0.25) is 0 Å². The van der Waals surface area contributed by atoms with E-state index in [2.05, 4.69) is 4.98 Å². The lowest BCUT2D eigenvalue weighted by Gasteiger charge is -1.97. The molecule has 0 unspecified atom stereocenters. The molecule has 4 heteroatoms. The lowest BCUT2D eigenvalue weighted by atomic mass is 10.1. The standard InChI is InChI=1S/C10H10Cl2N2/c11-6-1-2-9-8(5-6)7(3-4-13)10(12)14-9/h1-2,5,14H,3-4,13H2. The molecule has 3 N–H and O–H groups in total. The first kappa shape index (κ1) is 9.84. The van der Waals surface area contributed by atoms with E-state index in [9.17, 15) is 0 Å². The summed E-state index contributed by atoms with van der Waals surface area (Å²) in [7, 11) is 0. The number of nitrogens with two attached hydrogens (primary N) is 1. The van der Waals surface area contributed by atoms with E-state index in [1.54, 1.807) is 0 Å². The number of benzene rings is 1. The van der Waals surface area contributed by atoms with Gasteiger partial charge in [-0.1, -0.05) is 23.2 Å². The van der Waals surface area contributed by atoms with E-state index in [0.29, 0.717) is 16.7 Å². The van der Waals surface area contributed by atoms with Gasteiger partial charge in [-0.2, -0.15) is 0 Å². The molecule has 0 saturated carbocycles. The number of hydrogen-bond donors (Lipinski definition) is 2. The van der Waals surface area contributed by atoms with Gasteiger partial charge in [0.05, 0.1) is 0 Å². The van der Waals surface area contributed by atoms with Crippen LogP contribution in [0.4, 0.5) is 0 Å². The Kier molecular flexibility index (Phi) is 2.68. The Morgan fingerprint density at radius 2 is 2.07 bits per heavy atom. The van der Waals surface area contributed by atoms with Gasteiger partial charge in [-0.15, -0.1) is 0 Å². The summed E-state index contributed by atoms with van der Waals surface area (Å²) in [6.45, 7) is 0.583. The fourth-order valence-corrected chi connectivity index (χ4v) is 2.05. The largest absolute Gasteiger partial charge is 0.345 e. The number of fused-ring (bicyclic) bond motifs is 1. The zero-order valence-electron chi connectivity index (χ0n) is 7.48. The van der Waals surface area contributed by atoms with Crippen molar-refractivity contribution < 1.29 is 0 Å². The predicted octanol–water partition coefficient (Wildman–Crippen LogP) is 2.98. The summed E-state index contributed by atoms with van der Waals surface area (Å²) in [6, 6.07) is 5.66. The minimum absolute atomic E-state index is 0.583. The van der Waals surface area contributed by atoms with Crippen molar-refractivity contribution in [3.63, 3.8) is 0 Å². The van der Waals surface area contributed by atoms with Crippen LogP contribution in [0.15, 0.2) is 18.2 Å². The Hall–Kier alpha value is -0.700. The maximum absolute atomic E-state index is 6.04. The van der Waals surface area contributed by atoms with Gasteiger partial charge < -0.3 is 10.7 Å². The Labute approximate surface area is 92.0 Å². The van der Waals surface area contributed by atoms with Gasteiger partial charge in [0.2, 0.25) is 0 Å². The van der Waals surface area contributed by atoms with Crippen LogP contribution in [-0.2, 0) is 6.42 Å². The van der Waals surface area contributed by atoms with Crippen LogP contribution in [0, 0.1) is 0 Å². The molecule has 0 aliphatic rings. The molecule has 1 heterocycles. The molecule has 0 aliphatic carbocycles. The molecule has 2 aromatic rings. The van der Waals surface area contributed by atoms with Crippen LogP contribution in [0.5, 0.6) is 0 Å². The summed E-state index contributed by atoms with van der Waals surface area (Å²) in [5, 5.41) is 2.44. The van der Waals surface area contributed by atoms with Crippen molar-refractivity contribution in [2.45, 2.75) is 6.42 Å². The minimum Gasteiger partial charge on any atom is -0.345 e. The lowest BCUT2D eigenvalue weighted by Crippen LogP contribution is -2.02. The first-order valence-corrected chi connectivity index (χ1v) is 5.13. The van der Waals surface area contributed by atoms with E-state index in [4.69, 9.17) is 28.9 Å². The van der Waals surface area contributed by atoms with Crippen LogP contribution in [-0.4, -0.2) is 11.5 Å². The second-order valence-corrected chi connectivity index (χ2v) is 3.96. The molecule has 0 atom stereocenters. The summed E-state index contributed by atoms with van der Waals surface area (Å²) in [5.74, 6) is 0. The lowest BCUT2D eigenvalue weighted by molar-refractivity contribution is 0.976. The van der Waals surface area contributed by atoms with Crippen LogP contribution in [0.2, 0.25) is 10.2 Å².